The van der Waals surface area contributed by atoms with Gasteiger partial charge in [-0.3, -0.25) is 0 Å². The molecule has 0 fully saturated rings. The third-order valence-corrected chi connectivity index (χ3v) is 17.8. The summed E-state index contributed by atoms with van der Waals surface area (Å²) in [5, 5.41) is 0. The summed E-state index contributed by atoms with van der Waals surface area (Å²) in [6.07, 6.45) is 0. The predicted molar refractivity (Wildman–Crippen MR) is 246 cm³/mol. The first-order valence-corrected chi connectivity index (χ1v) is 22.7. The number of benzene rings is 7. The second-order valence-electron chi connectivity index (χ2n) is 16.1. The molecule has 0 bridgehead atoms. The maximum Gasteiger partial charge on any atom is 0.200 e. The molecule has 0 N–H and O–H groups in total. The van der Waals surface area contributed by atoms with E-state index in [1.807, 2.05) is 0 Å². The van der Waals surface area contributed by atoms with Gasteiger partial charge in [-0.2, -0.15) is 0 Å². The minimum absolute atomic E-state index is 0.529. The number of methoxy groups -OCH3 is 1. The Morgan fingerprint density at radius 2 is 0.579 bits per heavy atom. The molecule has 0 aliphatic carbocycles. The SMILES string of the molecule is COCc1ccc(-c2c(-c3ccccc3)c(-c3ccccc3)c(-c3ccc(CO[Si](C(C)C)(C(C)C)C(C)C)cc3)c(-c3ccccc3)c2-c2ccccc2)cc1. The van der Waals surface area contributed by atoms with Crippen LogP contribution in [0, 0.1) is 0 Å². The van der Waals surface area contributed by atoms with Crippen LogP contribution in [0.3, 0.4) is 0 Å². The van der Waals surface area contributed by atoms with Gasteiger partial charge < -0.3 is 9.16 Å². The Morgan fingerprint density at radius 1 is 0.333 bits per heavy atom. The van der Waals surface area contributed by atoms with Crippen LogP contribution in [0.2, 0.25) is 16.6 Å². The Balaban J connectivity index is 1.59. The minimum Gasteiger partial charge on any atom is -0.412 e. The smallest absolute Gasteiger partial charge is 0.200 e. The zero-order valence-corrected chi connectivity index (χ0v) is 35.6. The molecule has 7 aromatic rings. The van der Waals surface area contributed by atoms with Gasteiger partial charge in [0.15, 0.2) is 0 Å². The van der Waals surface area contributed by atoms with Gasteiger partial charge in [-0.15, -0.1) is 0 Å². The minimum atomic E-state index is -2.04. The van der Waals surface area contributed by atoms with Crippen molar-refractivity contribution in [3.05, 3.63) is 181 Å². The Kier molecular flexibility index (Phi) is 12.5. The lowest BCUT2D eigenvalue weighted by molar-refractivity contribution is 0.185. The zero-order valence-electron chi connectivity index (χ0n) is 34.6. The molecule has 0 spiro atoms. The van der Waals surface area contributed by atoms with Crippen molar-refractivity contribution < 1.29 is 9.16 Å². The Hall–Kier alpha value is -5.32. The Labute approximate surface area is 342 Å². The van der Waals surface area contributed by atoms with Crippen molar-refractivity contribution >= 4 is 8.32 Å². The van der Waals surface area contributed by atoms with E-state index in [2.05, 4.69) is 211 Å². The molecule has 0 saturated heterocycles. The maximum atomic E-state index is 7.11. The molecular formula is C54H56O2Si. The summed E-state index contributed by atoms with van der Waals surface area (Å²) < 4.78 is 12.6. The van der Waals surface area contributed by atoms with Gasteiger partial charge in [-0.1, -0.05) is 211 Å². The highest BCUT2D eigenvalue weighted by atomic mass is 28.4. The molecule has 2 nitrogen and oxygen atoms in total. The van der Waals surface area contributed by atoms with E-state index in [0.717, 1.165) is 11.1 Å². The van der Waals surface area contributed by atoms with Crippen LogP contribution >= 0.6 is 0 Å². The molecule has 0 saturated carbocycles. The van der Waals surface area contributed by atoms with Gasteiger partial charge in [0.25, 0.3) is 0 Å². The molecule has 0 aliphatic heterocycles. The fourth-order valence-corrected chi connectivity index (χ4v) is 14.7. The molecule has 0 heterocycles. The van der Waals surface area contributed by atoms with Gasteiger partial charge in [0.2, 0.25) is 8.32 Å². The van der Waals surface area contributed by atoms with E-state index in [1.165, 1.54) is 66.8 Å². The van der Waals surface area contributed by atoms with Gasteiger partial charge in [-0.25, -0.2) is 0 Å². The lowest BCUT2D eigenvalue weighted by Gasteiger charge is -2.42. The highest BCUT2D eigenvalue weighted by molar-refractivity contribution is 6.77. The fourth-order valence-electron chi connectivity index (χ4n) is 9.31. The summed E-state index contributed by atoms with van der Waals surface area (Å²) in [6, 6.07) is 62.1. The monoisotopic (exact) mass is 764 g/mol. The summed E-state index contributed by atoms with van der Waals surface area (Å²) in [6.45, 7) is 15.3. The highest BCUT2D eigenvalue weighted by Crippen LogP contribution is 2.56. The van der Waals surface area contributed by atoms with E-state index < -0.39 is 8.32 Å². The molecule has 7 rings (SSSR count). The normalized spacial score (nSPS) is 11.8. The van der Waals surface area contributed by atoms with Crippen LogP contribution in [0.4, 0.5) is 0 Å². The molecule has 0 aliphatic rings. The largest absolute Gasteiger partial charge is 0.412 e. The molecule has 0 amide bonds. The third kappa shape index (κ3) is 8.11. The maximum absolute atomic E-state index is 7.11. The van der Waals surface area contributed by atoms with Gasteiger partial charge >= 0.3 is 0 Å². The summed E-state index contributed by atoms with van der Waals surface area (Å²) in [7, 11) is -0.284. The molecule has 288 valence electrons. The summed E-state index contributed by atoms with van der Waals surface area (Å²) in [5.74, 6) is 0. The molecule has 57 heavy (non-hydrogen) atoms. The van der Waals surface area contributed by atoms with E-state index in [1.54, 1.807) is 7.11 Å². The quantitative estimate of drug-likeness (QED) is 0.103. The molecule has 0 radical (unpaired) electrons. The van der Waals surface area contributed by atoms with Crippen molar-refractivity contribution in [3.8, 4) is 66.8 Å². The van der Waals surface area contributed by atoms with Gasteiger partial charge in [0.1, 0.15) is 0 Å². The van der Waals surface area contributed by atoms with Gasteiger partial charge in [-0.05, 0) is 94.5 Å². The van der Waals surface area contributed by atoms with E-state index in [9.17, 15) is 0 Å². The number of hydrogen-bond donors (Lipinski definition) is 0. The number of ether oxygens (including phenoxy) is 1. The molecule has 0 aromatic heterocycles. The standard InChI is InChI=1S/C54H56O2Si/c1-38(2)57(39(3)4,40(5)6)56-37-42-30-34-48(35-31-42)54-51(45-24-16-10-17-25-45)49(43-20-12-8-13-21-43)53(47-32-28-41(29-33-47)36-55-7)50(44-22-14-9-15-23-44)52(54)46-26-18-11-19-27-46/h8-35,38-40H,36-37H2,1-7H3. The Morgan fingerprint density at radius 3 is 0.825 bits per heavy atom. The van der Waals surface area contributed by atoms with Crippen molar-refractivity contribution in [2.75, 3.05) is 7.11 Å². The van der Waals surface area contributed by atoms with Crippen LogP contribution in [-0.4, -0.2) is 15.4 Å². The van der Waals surface area contributed by atoms with Gasteiger partial charge in [0.05, 0.1) is 13.2 Å². The van der Waals surface area contributed by atoms with Crippen molar-refractivity contribution in [1.82, 2.24) is 0 Å². The fraction of sp³-hybridized carbons (Fsp3) is 0.222. The second-order valence-corrected chi connectivity index (χ2v) is 21.6. The van der Waals surface area contributed by atoms with E-state index >= 15 is 0 Å². The number of hydrogen-bond acceptors (Lipinski definition) is 2. The zero-order chi connectivity index (χ0) is 39.9. The van der Waals surface area contributed by atoms with E-state index in [0.29, 0.717) is 29.8 Å². The summed E-state index contributed by atoms with van der Waals surface area (Å²) in [4.78, 5) is 0. The number of rotatable bonds is 14. The van der Waals surface area contributed by atoms with Crippen LogP contribution in [-0.2, 0) is 22.4 Å². The van der Waals surface area contributed by atoms with E-state index in [-0.39, 0.29) is 0 Å². The van der Waals surface area contributed by atoms with Gasteiger partial charge in [0, 0.05) is 7.11 Å². The van der Waals surface area contributed by atoms with Crippen LogP contribution in [0.25, 0.3) is 66.8 Å². The first-order valence-electron chi connectivity index (χ1n) is 20.5. The van der Waals surface area contributed by atoms with Crippen LogP contribution in [0.1, 0.15) is 52.7 Å². The Bertz CT molecular complexity index is 2220. The summed E-state index contributed by atoms with van der Waals surface area (Å²) in [5.41, 5.74) is 18.2. The molecular weight excluding hydrogens is 709 g/mol. The third-order valence-electron chi connectivity index (χ3n) is 11.7. The summed E-state index contributed by atoms with van der Waals surface area (Å²) >= 11 is 0. The molecule has 3 heteroatoms. The highest BCUT2D eigenvalue weighted by Gasteiger charge is 2.45. The van der Waals surface area contributed by atoms with Crippen LogP contribution in [0.15, 0.2) is 170 Å². The average molecular weight is 765 g/mol. The molecule has 7 aromatic carbocycles. The van der Waals surface area contributed by atoms with Crippen molar-refractivity contribution in [3.63, 3.8) is 0 Å². The lowest BCUT2D eigenvalue weighted by Crippen LogP contribution is -2.47. The molecule has 0 unspecified atom stereocenters. The van der Waals surface area contributed by atoms with E-state index in [4.69, 9.17) is 9.16 Å². The van der Waals surface area contributed by atoms with Crippen molar-refractivity contribution in [2.45, 2.75) is 71.4 Å². The van der Waals surface area contributed by atoms with Crippen LogP contribution in [0.5, 0.6) is 0 Å². The van der Waals surface area contributed by atoms with Crippen molar-refractivity contribution in [2.24, 2.45) is 0 Å². The van der Waals surface area contributed by atoms with Crippen molar-refractivity contribution in [1.29, 1.82) is 0 Å². The molecule has 0 atom stereocenters. The predicted octanol–water partition coefficient (Wildman–Crippen LogP) is 15.5. The lowest BCUT2D eigenvalue weighted by atomic mass is 9.74. The second kappa shape index (κ2) is 17.9. The first kappa shape index (κ1) is 39.9. The average Bonchev–Trinajstić information content (AvgIpc) is 3.24. The van der Waals surface area contributed by atoms with Crippen LogP contribution < -0.4 is 0 Å². The first-order chi connectivity index (χ1) is 27.7. The topological polar surface area (TPSA) is 18.5 Å².